The van der Waals surface area contributed by atoms with Crippen molar-refractivity contribution in [2.75, 3.05) is 0 Å². The van der Waals surface area contributed by atoms with Gasteiger partial charge >= 0.3 is 0 Å². The first kappa shape index (κ1) is 13.4. The molecule has 0 bridgehead atoms. The van der Waals surface area contributed by atoms with Crippen LogP contribution in [-0.2, 0) is 13.0 Å². The first-order chi connectivity index (χ1) is 10.8. The molecule has 2 aliphatic rings. The summed E-state index contributed by atoms with van der Waals surface area (Å²) in [6, 6.07) is 3.67. The molecule has 1 fully saturated rings. The first-order valence-corrected chi connectivity index (χ1v) is 7.94. The third-order valence-corrected chi connectivity index (χ3v) is 4.49. The largest absolute Gasteiger partial charge is 0.349 e. The number of hydrogen-bond acceptors (Lipinski definition) is 4. The van der Waals surface area contributed by atoms with Crippen molar-refractivity contribution in [2.45, 2.75) is 50.6 Å². The molecule has 0 saturated heterocycles. The summed E-state index contributed by atoms with van der Waals surface area (Å²) in [5, 5.41) is 11.8. The predicted octanol–water partition coefficient (Wildman–Crippen LogP) is 1.69. The molecule has 3 heterocycles. The average Bonchev–Trinajstić information content (AvgIpc) is 3.35. The van der Waals surface area contributed by atoms with E-state index in [1.807, 2.05) is 0 Å². The van der Waals surface area contributed by atoms with Crippen LogP contribution in [0.3, 0.4) is 0 Å². The summed E-state index contributed by atoms with van der Waals surface area (Å²) >= 11 is 0. The van der Waals surface area contributed by atoms with E-state index in [0.717, 1.165) is 37.5 Å². The van der Waals surface area contributed by atoms with Gasteiger partial charge in [-0.25, -0.2) is 0 Å². The van der Waals surface area contributed by atoms with E-state index in [-0.39, 0.29) is 11.9 Å². The molecule has 2 aromatic rings. The number of aryl methyl sites for hydroxylation is 1. The Balaban J connectivity index is 1.43. The van der Waals surface area contributed by atoms with Crippen molar-refractivity contribution in [3.63, 3.8) is 0 Å². The quantitative estimate of drug-likeness (QED) is 0.935. The molecule has 6 heteroatoms. The number of carbonyl (C=O) groups excluding carboxylic acids is 1. The van der Waals surface area contributed by atoms with Crippen molar-refractivity contribution < 1.29 is 4.79 Å². The SMILES string of the molecule is O=C(NC1CCc2nnc(C3CC3)n2CC1)c1ccncc1. The summed E-state index contributed by atoms with van der Waals surface area (Å²) in [7, 11) is 0. The van der Waals surface area contributed by atoms with Crippen molar-refractivity contribution in [3.8, 4) is 0 Å². The molecule has 4 rings (SSSR count). The van der Waals surface area contributed by atoms with Crippen LogP contribution >= 0.6 is 0 Å². The van der Waals surface area contributed by atoms with Crippen LogP contribution in [0.4, 0.5) is 0 Å². The Morgan fingerprint density at radius 3 is 2.73 bits per heavy atom. The summed E-state index contributed by atoms with van der Waals surface area (Å²) in [4.78, 5) is 16.2. The van der Waals surface area contributed by atoms with E-state index in [0.29, 0.717) is 11.5 Å². The Labute approximate surface area is 129 Å². The van der Waals surface area contributed by atoms with E-state index < -0.39 is 0 Å². The maximum atomic E-state index is 12.2. The summed E-state index contributed by atoms with van der Waals surface area (Å²) in [5.74, 6) is 2.82. The van der Waals surface area contributed by atoms with Gasteiger partial charge in [-0.2, -0.15) is 0 Å². The maximum absolute atomic E-state index is 12.2. The van der Waals surface area contributed by atoms with Crippen molar-refractivity contribution in [1.29, 1.82) is 0 Å². The van der Waals surface area contributed by atoms with Gasteiger partial charge < -0.3 is 9.88 Å². The lowest BCUT2D eigenvalue weighted by Crippen LogP contribution is -2.35. The minimum atomic E-state index is -0.0209. The monoisotopic (exact) mass is 297 g/mol. The van der Waals surface area contributed by atoms with Gasteiger partial charge in [-0.1, -0.05) is 0 Å². The maximum Gasteiger partial charge on any atom is 0.251 e. The molecular formula is C16H19N5O. The Morgan fingerprint density at radius 1 is 1.14 bits per heavy atom. The molecule has 0 radical (unpaired) electrons. The Hall–Kier alpha value is -2.24. The van der Waals surface area contributed by atoms with Gasteiger partial charge in [0.05, 0.1) is 0 Å². The Kier molecular flexibility index (Phi) is 3.36. The van der Waals surface area contributed by atoms with Crippen LogP contribution in [0.5, 0.6) is 0 Å². The van der Waals surface area contributed by atoms with Gasteiger partial charge in [0.2, 0.25) is 0 Å². The zero-order chi connectivity index (χ0) is 14.9. The average molecular weight is 297 g/mol. The molecule has 114 valence electrons. The number of carbonyl (C=O) groups is 1. The molecular weight excluding hydrogens is 278 g/mol. The number of hydrogen-bond donors (Lipinski definition) is 1. The fraction of sp³-hybridized carbons (Fsp3) is 0.500. The second-order valence-electron chi connectivity index (χ2n) is 6.13. The van der Waals surface area contributed by atoms with E-state index in [2.05, 4.69) is 25.1 Å². The number of nitrogens with one attached hydrogen (secondary N) is 1. The number of pyridine rings is 1. The molecule has 22 heavy (non-hydrogen) atoms. The van der Waals surface area contributed by atoms with Gasteiger partial charge in [0.1, 0.15) is 11.6 Å². The molecule has 6 nitrogen and oxygen atoms in total. The molecule has 1 saturated carbocycles. The molecule has 1 aliphatic heterocycles. The molecule has 1 unspecified atom stereocenters. The van der Waals surface area contributed by atoms with E-state index in [1.54, 1.807) is 24.5 Å². The highest BCUT2D eigenvalue weighted by Crippen LogP contribution is 2.39. The molecule has 0 aromatic carbocycles. The number of rotatable bonds is 3. The molecule has 1 atom stereocenters. The Bertz CT molecular complexity index is 677. The second-order valence-corrected chi connectivity index (χ2v) is 6.13. The summed E-state index contributed by atoms with van der Waals surface area (Å²) in [6.45, 7) is 0.898. The van der Waals surface area contributed by atoms with Crippen LogP contribution in [0, 0.1) is 0 Å². The van der Waals surface area contributed by atoms with Gasteiger partial charge in [-0.3, -0.25) is 9.78 Å². The van der Waals surface area contributed by atoms with Crippen molar-refractivity contribution in [1.82, 2.24) is 25.1 Å². The summed E-state index contributed by atoms with van der Waals surface area (Å²) in [5.41, 5.74) is 0.664. The van der Waals surface area contributed by atoms with Crippen LogP contribution < -0.4 is 5.32 Å². The van der Waals surface area contributed by atoms with Crippen LogP contribution in [0.25, 0.3) is 0 Å². The number of amides is 1. The molecule has 1 amide bonds. The Morgan fingerprint density at radius 2 is 1.95 bits per heavy atom. The zero-order valence-electron chi connectivity index (χ0n) is 12.4. The normalized spacial score (nSPS) is 21.0. The van der Waals surface area contributed by atoms with Crippen LogP contribution in [-0.4, -0.2) is 31.7 Å². The summed E-state index contributed by atoms with van der Waals surface area (Å²) < 4.78 is 2.27. The van der Waals surface area contributed by atoms with Crippen molar-refractivity contribution >= 4 is 5.91 Å². The standard InChI is InChI=1S/C16H19N5O/c22-16(12-5-8-17-9-6-12)18-13-3-4-14-19-20-15(11-1-2-11)21(14)10-7-13/h5-6,8-9,11,13H,1-4,7,10H2,(H,18,22). The van der Waals surface area contributed by atoms with Crippen LogP contribution in [0.15, 0.2) is 24.5 Å². The fourth-order valence-electron chi connectivity index (χ4n) is 3.07. The third kappa shape index (κ3) is 2.61. The van der Waals surface area contributed by atoms with Gasteiger partial charge in [0.25, 0.3) is 5.91 Å². The number of nitrogens with zero attached hydrogens (tertiary/aromatic N) is 4. The number of fused-ring (bicyclic) bond motifs is 1. The van der Waals surface area contributed by atoms with Gasteiger partial charge in [0, 0.05) is 42.9 Å². The zero-order valence-corrected chi connectivity index (χ0v) is 12.4. The lowest BCUT2D eigenvalue weighted by atomic mass is 10.1. The van der Waals surface area contributed by atoms with Crippen LogP contribution in [0.2, 0.25) is 0 Å². The topological polar surface area (TPSA) is 72.7 Å². The smallest absolute Gasteiger partial charge is 0.251 e. The molecule has 0 spiro atoms. The predicted molar refractivity (Wildman–Crippen MR) is 80.4 cm³/mol. The highest BCUT2D eigenvalue weighted by molar-refractivity contribution is 5.94. The van der Waals surface area contributed by atoms with E-state index in [1.165, 1.54) is 12.8 Å². The van der Waals surface area contributed by atoms with Gasteiger partial charge in [-0.05, 0) is 37.8 Å². The number of aromatic nitrogens is 4. The minimum absolute atomic E-state index is 0.0209. The summed E-state index contributed by atoms with van der Waals surface area (Å²) in [6.07, 6.45) is 8.49. The highest BCUT2D eigenvalue weighted by atomic mass is 16.1. The van der Waals surface area contributed by atoms with E-state index >= 15 is 0 Å². The van der Waals surface area contributed by atoms with Crippen LogP contribution in [0.1, 0.15) is 53.6 Å². The third-order valence-electron chi connectivity index (χ3n) is 4.49. The van der Waals surface area contributed by atoms with Gasteiger partial charge in [0.15, 0.2) is 0 Å². The lowest BCUT2D eigenvalue weighted by molar-refractivity contribution is 0.0933. The fourth-order valence-corrected chi connectivity index (χ4v) is 3.07. The minimum Gasteiger partial charge on any atom is -0.349 e. The molecule has 1 aliphatic carbocycles. The second kappa shape index (κ2) is 5.51. The van der Waals surface area contributed by atoms with E-state index in [4.69, 9.17) is 0 Å². The van der Waals surface area contributed by atoms with Gasteiger partial charge in [-0.15, -0.1) is 10.2 Å². The van der Waals surface area contributed by atoms with Crippen molar-refractivity contribution in [3.05, 3.63) is 41.7 Å². The highest BCUT2D eigenvalue weighted by Gasteiger charge is 2.31. The lowest BCUT2D eigenvalue weighted by Gasteiger charge is -2.16. The molecule has 1 N–H and O–H groups in total. The first-order valence-electron chi connectivity index (χ1n) is 7.94. The van der Waals surface area contributed by atoms with Crippen molar-refractivity contribution in [2.24, 2.45) is 0 Å². The molecule has 2 aromatic heterocycles. The van der Waals surface area contributed by atoms with E-state index in [9.17, 15) is 4.79 Å².